The van der Waals surface area contributed by atoms with Crippen molar-refractivity contribution in [2.45, 2.75) is 260 Å². The SMILES string of the molecule is CCCCCCC(O)CCC.CCCCCCC(O)CCC.CCCCCCC(O)CCC.CCCCCCC(O)CCC.[Ti]. The molecule has 0 fully saturated rings. The van der Waals surface area contributed by atoms with Crippen LogP contribution < -0.4 is 0 Å². The van der Waals surface area contributed by atoms with E-state index in [2.05, 4.69) is 55.4 Å². The van der Waals surface area contributed by atoms with Crippen LogP contribution in [-0.4, -0.2) is 44.8 Å². The molecule has 0 aromatic rings. The molecular weight excluding hydrogens is 592 g/mol. The van der Waals surface area contributed by atoms with Gasteiger partial charge in [-0.2, -0.15) is 0 Å². The first-order chi connectivity index (χ1) is 21.2. The average molecular weight is 681 g/mol. The molecular formula is C40H88O4Ti. The van der Waals surface area contributed by atoms with Crippen LogP contribution in [0.4, 0.5) is 0 Å². The Morgan fingerprint density at radius 1 is 0.244 bits per heavy atom. The molecule has 0 saturated carbocycles. The van der Waals surface area contributed by atoms with Crippen molar-refractivity contribution >= 4 is 0 Å². The predicted octanol–water partition coefficient (Wildman–Crippen LogP) is 12.5. The molecule has 0 aromatic heterocycles. The molecule has 4 unspecified atom stereocenters. The summed E-state index contributed by atoms with van der Waals surface area (Å²) in [5.41, 5.74) is 0. The molecule has 4 N–H and O–H groups in total. The third-order valence-electron chi connectivity index (χ3n) is 8.05. The van der Waals surface area contributed by atoms with Crippen molar-refractivity contribution in [1.82, 2.24) is 0 Å². The maximum absolute atomic E-state index is 9.35. The van der Waals surface area contributed by atoms with Crippen molar-refractivity contribution in [3.63, 3.8) is 0 Å². The zero-order valence-electron chi connectivity index (χ0n) is 32.4. The summed E-state index contributed by atoms with van der Waals surface area (Å²) in [6, 6.07) is 0. The van der Waals surface area contributed by atoms with Gasteiger partial charge in [0.2, 0.25) is 0 Å². The normalized spacial score (nSPS) is 13.1. The fourth-order valence-corrected chi connectivity index (χ4v) is 5.14. The second kappa shape index (κ2) is 51.4. The Hall–Kier alpha value is 0.554. The molecule has 0 bridgehead atoms. The van der Waals surface area contributed by atoms with E-state index in [1.165, 1.54) is 103 Å². The summed E-state index contributed by atoms with van der Waals surface area (Å²) >= 11 is 0. The van der Waals surface area contributed by atoms with Gasteiger partial charge in [0.25, 0.3) is 0 Å². The van der Waals surface area contributed by atoms with E-state index in [0.29, 0.717) is 0 Å². The van der Waals surface area contributed by atoms with E-state index in [0.717, 1.165) is 77.0 Å². The van der Waals surface area contributed by atoms with Crippen molar-refractivity contribution < 1.29 is 42.1 Å². The largest absolute Gasteiger partial charge is 0.393 e. The maximum Gasteiger partial charge on any atom is 0.0540 e. The van der Waals surface area contributed by atoms with Gasteiger partial charge in [-0.05, 0) is 51.4 Å². The van der Waals surface area contributed by atoms with Crippen molar-refractivity contribution in [1.29, 1.82) is 0 Å². The predicted molar refractivity (Wildman–Crippen MR) is 199 cm³/mol. The smallest absolute Gasteiger partial charge is 0.0540 e. The summed E-state index contributed by atoms with van der Waals surface area (Å²) in [7, 11) is 0. The summed E-state index contributed by atoms with van der Waals surface area (Å²) in [5.74, 6) is 0. The van der Waals surface area contributed by atoms with Crippen LogP contribution in [0, 0.1) is 0 Å². The summed E-state index contributed by atoms with van der Waals surface area (Å²) in [4.78, 5) is 0. The second-order valence-electron chi connectivity index (χ2n) is 13.2. The molecule has 0 aliphatic heterocycles. The van der Waals surface area contributed by atoms with Gasteiger partial charge in [-0.3, -0.25) is 0 Å². The average Bonchev–Trinajstić information content (AvgIpc) is 3.00. The maximum atomic E-state index is 9.35. The first kappa shape index (κ1) is 55.0. The van der Waals surface area contributed by atoms with Crippen LogP contribution in [0.5, 0.6) is 0 Å². The van der Waals surface area contributed by atoms with Gasteiger partial charge in [0, 0.05) is 21.7 Å². The molecule has 0 heterocycles. The monoisotopic (exact) mass is 681 g/mol. The molecule has 0 saturated heterocycles. The summed E-state index contributed by atoms with van der Waals surface area (Å²) in [6.07, 6.45) is 32.6. The minimum Gasteiger partial charge on any atom is -0.393 e. The Kier molecular flexibility index (Phi) is 62.8. The van der Waals surface area contributed by atoms with Crippen LogP contribution >= 0.6 is 0 Å². The second-order valence-corrected chi connectivity index (χ2v) is 13.2. The van der Waals surface area contributed by atoms with Gasteiger partial charge < -0.3 is 20.4 Å². The first-order valence-electron chi connectivity index (χ1n) is 20.0. The number of rotatable bonds is 28. The van der Waals surface area contributed by atoms with Crippen molar-refractivity contribution in [3.8, 4) is 0 Å². The summed E-state index contributed by atoms with van der Waals surface area (Å²) < 4.78 is 0. The van der Waals surface area contributed by atoms with Crippen molar-refractivity contribution in [2.75, 3.05) is 0 Å². The molecule has 0 spiro atoms. The van der Waals surface area contributed by atoms with Crippen LogP contribution in [0.25, 0.3) is 0 Å². The fraction of sp³-hybridized carbons (Fsp3) is 1.00. The first-order valence-corrected chi connectivity index (χ1v) is 20.0. The molecule has 0 radical (unpaired) electrons. The van der Waals surface area contributed by atoms with E-state index in [1.54, 1.807) is 0 Å². The zero-order valence-corrected chi connectivity index (χ0v) is 34.0. The summed E-state index contributed by atoms with van der Waals surface area (Å²) in [6.45, 7) is 17.3. The van der Waals surface area contributed by atoms with E-state index in [9.17, 15) is 20.4 Å². The Morgan fingerprint density at radius 2 is 0.422 bits per heavy atom. The zero-order chi connectivity index (χ0) is 34.1. The van der Waals surface area contributed by atoms with Crippen LogP contribution in [0.3, 0.4) is 0 Å². The molecule has 45 heavy (non-hydrogen) atoms. The topological polar surface area (TPSA) is 80.9 Å². The van der Waals surface area contributed by atoms with Gasteiger partial charge in [0.05, 0.1) is 24.4 Å². The molecule has 0 aromatic carbocycles. The van der Waals surface area contributed by atoms with Gasteiger partial charge in [-0.25, -0.2) is 0 Å². The standard InChI is InChI=1S/4C10H22O.Ti/c4*1-3-5-6-7-9-10(11)8-4-2;/h4*10-11H,3-9H2,1-2H3;. The van der Waals surface area contributed by atoms with Gasteiger partial charge in [-0.1, -0.05) is 184 Å². The Morgan fingerprint density at radius 3 is 0.556 bits per heavy atom. The molecule has 0 rings (SSSR count). The van der Waals surface area contributed by atoms with Crippen LogP contribution in [0.2, 0.25) is 0 Å². The number of aliphatic hydroxyl groups is 4. The Bertz CT molecular complexity index is 372. The van der Waals surface area contributed by atoms with E-state index in [1.807, 2.05) is 0 Å². The van der Waals surface area contributed by atoms with Crippen molar-refractivity contribution in [2.24, 2.45) is 0 Å². The molecule has 276 valence electrons. The van der Waals surface area contributed by atoms with E-state index in [-0.39, 0.29) is 46.1 Å². The van der Waals surface area contributed by atoms with Gasteiger partial charge in [0.1, 0.15) is 0 Å². The number of hydrogen-bond acceptors (Lipinski definition) is 4. The van der Waals surface area contributed by atoms with Crippen LogP contribution in [0.15, 0.2) is 0 Å². The summed E-state index contributed by atoms with van der Waals surface area (Å²) in [5, 5.41) is 37.4. The van der Waals surface area contributed by atoms with Crippen LogP contribution in [0.1, 0.15) is 235 Å². The minimum atomic E-state index is -0.0307. The number of aliphatic hydroxyl groups excluding tert-OH is 4. The van der Waals surface area contributed by atoms with Crippen LogP contribution in [-0.2, 0) is 21.7 Å². The third-order valence-corrected chi connectivity index (χ3v) is 8.05. The minimum absolute atomic E-state index is 0. The van der Waals surface area contributed by atoms with E-state index >= 15 is 0 Å². The Balaban J connectivity index is -0.000000157. The number of hydrogen-bond donors (Lipinski definition) is 4. The molecule has 0 aliphatic rings. The molecule has 4 atom stereocenters. The van der Waals surface area contributed by atoms with Crippen molar-refractivity contribution in [3.05, 3.63) is 0 Å². The number of unbranched alkanes of at least 4 members (excludes halogenated alkanes) is 12. The third kappa shape index (κ3) is 60.4. The quantitative estimate of drug-likeness (QED) is 0.0490. The fourth-order valence-electron chi connectivity index (χ4n) is 5.14. The van der Waals surface area contributed by atoms with Gasteiger partial charge in [0.15, 0.2) is 0 Å². The molecule has 0 amide bonds. The van der Waals surface area contributed by atoms with E-state index < -0.39 is 0 Å². The molecule has 5 heteroatoms. The van der Waals surface area contributed by atoms with Gasteiger partial charge >= 0.3 is 0 Å². The van der Waals surface area contributed by atoms with E-state index in [4.69, 9.17) is 0 Å². The molecule has 0 aliphatic carbocycles. The Labute approximate surface area is 300 Å². The van der Waals surface area contributed by atoms with Gasteiger partial charge in [-0.15, -0.1) is 0 Å². The molecule has 4 nitrogen and oxygen atoms in total.